The lowest BCUT2D eigenvalue weighted by atomic mass is 9.94. The van der Waals surface area contributed by atoms with Gasteiger partial charge in [-0.3, -0.25) is 9.59 Å². The monoisotopic (exact) mass is 316 g/mol. The van der Waals surface area contributed by atoms with E-state index in [4.69, 9.17) is 0 Å². The summed E-state index contributed by atoms with van der Waals surface area (Å²) >= 11 is 0. The van der Waals surface area contributed by atoms with Crippen LogP contribution in [0.3, 0.4) is 0 Å². The van der Waals surface area contributed by atoms with E-state index in [1.165, 1.54) is 5.56 Å². The molecule has 0 bridgehead atoms. The van der Waals surface area contributed by atoms with Gasteiger partial charge < -0.3 is 9.80 Å². The number of carbonyl (C=O) groups is 2. The number of amides is 2. The first-order valence-corrected chi connectivity index (χ1v) is 8.63. The summed E-state index contributed by atoms with van der Waals surface area (Å²) in [6, 6.07) is 5.95. The zero-order chi connectivity index (χ0) is 17.0. The highest BCUT2D eigenvalue weighted by Gasteiger charge is 2.30. The molecule has 4 heteroatoms. The van der Waals surface area contributed by atoms with Crippen LogP contribution in [0.2, 0.25) is 0 Å². The molecule has 4 nitrogen and oxygen atoms in total. The second-order valence-corrected chi connectivity index (χ2v) is 6.40. The highest BCUT2D eigenvalue weighted by atomic mass is 16.2. The van der Waals surface area contributed by atoms with Crippen molar-refractivity contribution in [2.24, 2.45) is 5.92 Å². The summed E-state index contributed by atoms with van der Waals surface area (Å²) in [5.41, 5.74) is 2.98. The van der Waals surface area contributed by atoms with Gasteiger partial charge in [-0.05, 0) is 52.2 Å². The molecule has 0 atom stereocenters. The average molecular weight is 316 g/mol. The lowest BCUT2D eigenvalue weighted by molar-refractivity contribution is -0.136. The average Bonchev–Trinajstić information content (AvgIpc) is 2.55. The largest absolute Gasteiger partial charge is 0.343 e. The summed E-state index contributed by atoms with van der Waals surface area (Å²) in [6.07, 6.45) is 1.54. The molecule has 0 N–H and O–H groups in total. The van der Waals surface area contributed by atoms with Crippen LogP contribution in [0.4, 0.5) is 0 Å². The Bertz CT molecular complexity index is 571. The summed E-state index contributed by atoms with van der Waals surface area (Å²) in [6.45, 7) is 10.9. The molecule has 0 spiro atoms. The molecule has 1 heterocycles. The van der Waals surface area contributed by atoms with Crippen molar-refractivity contribution < 1.29 is 9.59 Å². The summed E-state index contributed by atoms with van der Waals surface area (Å²) in [4.78, 5) is 28.9. The van der Waals surface area contributed by atoms with Gasteiger partial charge >= 0.3 is 0 Å². The number of hydrogen-bond donors (Lipinski definition) is 0. The number of benzene rings is 1. The van der Waals surface area contributed by atoms with Gasteiger partial charge in [-0.2, -0.15) is 0 Å². The first kappa shape index (κ1) is 17.5. The first-order valence-electron chi connectivity index (χ1n) is 8.63. The highest BCUT2D eigenvalue weighted by Crippen LogP contribution is 2.22. The fourth-order valence-electron chi connectivity index (χ4n) is 3.35. The Morgan fingerprint density at radius 2 is 1.74 bits per heavy atom. The molecule has 1 saturated heterocycles. The maximum Gasteiger partial charge on any atom is 0.254 e. The van der Waals surface area contributed by atoms with Gasteiger partial charge in [0.1, 0.15) is 0 Å². The van der Waals surface area contributed by atoms with Crippen molar-refractivity contribution in [2.45, 2.75) is 40.5 Å². The Labute approximate surface area is 139 Å². The number of hydrogen-bond acceptors (Lipinski definition) is 2. The third kappa shape index (κ3) is 3.92. The Morgan fingerprint density at radius 3 is 2.26 bits per heavy atom. The number of likely N-dealkylation sites (tertiary alicyclic amines) is 1. The highest BCUT2D eigenvalue weighted by molar-refractivity contribution is 5.96. The normalized spacial score (nSPS) is 15.6. The molecule has 2 rings (SSSR count). The minimum atomic E-state index is 0.0677. The predicted octanol–water partition coefficient (Wildman–Crippen LogP) is 3.02. The molecule has 1 fully saturated rings. The molecule has 126 valence electrons. The van der Waals surface area contributed by atoms with Gasteiger partial charge in [-0.1, -0.05) is 17.7 Å². The van der Waals surface area contributed by atoms with Crippen LogP contribution in [0.1, 0.15) is 48.2 Å². The molecular formula is C19H28N2O2. The molecular weight excluding hydrogens is 288 g/mol. The number of aryl methyl sites for hydroxylation is 2. The molecule has 0 aliphatic carbocycles. The summed E-state index contributed by atoms with van der Waals surface area (Å²) in [5, 5.41) is 0. The van der Waals surface area contributed by atoms with Crippen molar-refractivity contribution in [2.75, 3.05) is 26.2 Å². The van der Waals surface area contributed by atoms with Crippen molar-refractivity contribution in [3.05, 3.63) is 34.9 Å². The van der Waals surface area contributed by atoms with Crippen LogP contribution in [0.15, 0.2) is 18.2 Å². The molecule has 1 aromatic carbocycles. The molecule has 1 aliphatic heterocycles. The Morgan fingerprint density at radius 1 is 1.13 bits per heavy atom. The molecule has 2 amide bonds. The second-order valence-electron chi connectivity index (χ2n) is 6.40. The van der Waals surface area contributed by atoms with E-state index in [2.05, 4.69) is 0 Å². The maximum absolute atomic E-state index is 12.7. The third-order valence-corrected chi connectivity index (χ3v) is 4.82. The quantitative estimate of drug-likeness (QED) is 0.856. The lowest BCUT2D eigenvalue weighted by Gasteiger charge is -2.34. The van der Waals surface area contributed by atoms with Crippen molar-refractivity contribution in [1.29, 1.82) is 0 Å². The van der Waals surface area contributed by atoms with E-state index in [0.29, 0.717) is 13.1 Å². The van der Waals surface area contributed by atoms with E-state index in [9.17, 15) is 9.59 Å². The van der Waals surface area contributed by atoms with Gasteiger partial charge in [0.05, 0.1) is 0 Å². The minimum absolute atomic E-state index is 0.0677. The SMILES string of the molecule is CCN(CC)C(=O)C1CCN(C(=O)c2ccc(C)cc2C)CC1. The molecule has 23 heavy (non-hydrogen) atoms. The fraction of sp³-hybridized carbons (Fsp3) is 0.579. The number of rotatable bonds is 4. The van der Waals surface area contributed by atoms with Gasteiger partial charge in [0.25, 0.3) is 5.91 Å². The first-order chi connectivity index (χ1) is 11.0. The van der Waals surface area contributed by atoms with Gasteiger partial charge in [0.2, 0.25) is 5.91 Å². The topological polar surface area (TPSA) is 40.6 Å². The predicted molar refractivity (Wildman–Crippen MR) is 92.5 cm³/mol. The van der Waals surface area contributed by atoms with E-state index < -0.39 is 0 Å². The van der Waals surface area contributed by atoms with Gasteiger partial charge in [0.15, 0.2) is 0 Å². The van der Waals surface area contributed by atoms with Crippen LogP contribution in [0.25, 0.3) is 0 Å². The van der Waals surface area contributed by atoms with Crippen LogP contribution in [0, 0.1) is 19.8 Å². The van der Waals surface area contributed by atoms with Gasteiger partial charge in [-0.15, -0.1) is 0 Å². The smallest absolute Gasteiger partial charge is 0.254 e. The van der Waals surface area contributed by atoms with Crippen LogP contribution < -0.4 is 0 Å². The second kappa shape index (κ2) is 7.62. The van der Waals surface area contributed by atoms with Crippen molar-refractivity contribution in [3.63, 3.8) is 0 Å². The van der Waals surface area contributed by atoms with E-state index in [1.54, 1.807) is 0 Å². The fourth-order valence-corrected chi connectivity index (χ4v) is 3.35. The number of piperidine rings is 1. The zero-order valence-electron chi connectivity index (χ0n) is 14.8. The molecule has 0 saturated carbocycles. The molecule has 0 radical (unpaired) electrons. The third-order valence-electron chi connectivity index (χ3n) is 4.82. The van der Waals surface area contributed by atoms with E-state index >= 15 is 0 Å². The standard InChI is InChI=1S/C19H28N2O2/c1-5-20(6-2)18(22)16-9-11-21(12-10-16)19(23)17-8-7-14(3)13-15(17)4/h7-8,13,16H,5-6,9-12H2,1-4H3. The summed E-state index contributed by atoms with van der Waals surface area (Å²) in [5.74, 6) is 0.405. The van der Waals surface area contributed by atoms with Crippen LogP contribution in [0.5, 0.6) is 0 Å². The van der Waals surface area contributed by atoms with Crippen molar-refractivity contribution in [3.8, 4) is 0 Å². The van der Waals surface area contributed by atoms with E-state index in [0.717, 1.165) is 37.1 Å². The molecule has 0 unspecified atom stereocenters. The molecule has 1 aromatic rings. The summed E-state index contributed by atoms with van der Waals surface area (Å²) in [7, 11) is 0. The van der Waals surface area contributed by atoms with Gasteiger partial charge in [0, 0.05) is 37.7 Å². The lowest BCUT2D eigenvalue weighted by Crippen LogP contribution is -2.44. The number of nitrogens with zero attached hydrogens (tertiary/aromatic N) is 2. The summed E-state index contributed by atoms with van der Waals surface area (Å²) < 4.78 is 0. The van der Waals surface area contributed by atoms with E-state index in [1.807, 2.05) is 55.7 Å². The Balaban J connectivity index is 1.98. The zero-order valence-corrected chi connectivity index (χ0v) is 14.8. The maximum atomic E-state index is 12.7. The van der Waals surface area contributed by atoms with Crippen molar-refractivity contribution >= 4 is 11.8 Å². The molecule has 1 aliphatic rings. The minimum Gasteiger partial charge on any atom is -0.343 e. The van der Waals surface area contributed by atoms with Gasteiger partial charge in [-0.25, -0.2) is 0 Å². The Hall–Kier alpha value is -1.84. The van der Waals surface area contributed by atoms with E-state index in [-0.39, 0.29) is 17.7 Å². The number of carbonyl (C=O) groups excluding carboxylic acids is 2. The molecule has 0 aromatic heterocycles. The van der Waals surface area contributed by atoms with Crippen LogP contribution in [-0.4, -0.2) is 47.8 Å². The Kier molecular flexibility index (Phi) is 5.80. The van der Waals surface area contributed by atoms with Crippen LogP contribution in [-0.2, 0) is 4.79 Å². The van der Waals surface area contributed by atoms with Crippen LogP contribution >= 0.6 is 0 Å². The van der Waals surface area contributed by atoms with Crippen molar-refractivity contribution in [1.82, 2.24) is 9.80 Å².